The average Bonchev–Trinajstić information content (AvgIpc) is 3.26. The van der Waals surface area contributed by atoms with Crippen LogP contribution in [0.4, 0.5) is 13.2 Å². The Morgan fingerprint density at radius 1 is 0.979 bits per heavy atom. The molecule has 9 nitrogen and oxygen atoms in total. The molecular weight excluding hydrogens is 637 g/mol. The van der Waals surface area contributed by atoms with Crippen LogP contribution in [0.5, 0.6) is 0 Å². The number of hydrogen-bond donors (Lipinski definition) is 1. The van der Waals surface area contributed by atoms with E-state index in [1.807, 2.05) is 24.3 Å². The second-order valence-electron chi connectivity index (χ2n) is 13.4. The normalized spacial score (nSPS) is 23.7. The maximum Gasteiger partial charge on any atom is 0.410 e. The van der Waals surface area contributed by atoms with Crippen molar-refractivity contribution in [3.05, 3.63) is 75.3 Å². The third-order valence-corrected chi connectivity index (χ3v) is 9.83. The molecule has 5 amide bonds. The van der Waals surface area contributed by atoms with Gasteiger partial charge in [-0.15, -0.1) is 0 Å². The maximum atomic E-state index is 14.5. The molecule has 2 aromatic rings. The van der Waals surface area contributed by atoms with Gasteiger partial charge in [-0.3, -0.25) is 39.1 Å². The second kappa shape index (κ2) is 12.2. The van der Waals surface area contributed by atoms with Gasteiger partial charge in [-0.2, -0.15) is 13.2 Å². The van der Waals surface area contributed by atoms with Crippen molar-refractivity contribution in [1.82, 2.24) is 20.0 Å². The molecule has 0 aromatic heterocycles. The number of rotatable bonds is 5. The van der Waals surface area contributed by atoms with Crippen LogP contribution in [0.1, 0.15) is 82.6 Å². The Labute approximate surface area is 274 Å². The number of nitrogens with zero attached hydrogens (tertiary/aromatic N) is 3. The third-order valence-electron chi connectivity index (χ3n) is 9.58. The summed E-state index contributed by atoms with van der Waals surface area (Å²) in [6.07, 6.45) is -2.39. The molecule has 0 saturated carbocycles. The molecule has 47 heavy (non-hydrogen) atoms. The molecule has 0 radical (unpaired) electrons. The van der Waals surface area contributed by atoms with E-state index in [4.69, 9.17) is 11.6 Å². The van der Waals surface area contributed by atoms with Crippen molar-refractivity contribution in [2.45, 2.75) is 64.2 Å². The SMILES string of the molecule is CC1(C)CCC(CN2CCN(C(=O)c3ccc4c(c3)C(=O)N(C3CCC(=O)NC3=O)C4=O)C(C(F)(F)F)C2)=C(c2ccc(Cl)cc2)C1. The Balaban J connectivity index is 1.22. The summed E-state index contributed by atoms with van der Waals surface area (Å²) in [5.74, 6) is -3.82. The standard InChI is InChI=1S/C34H34ClF3N4O5/c1-33(2)12-11-21(25(16-33)19-3-6-22(35)7-4-19)17-40-13-14-41(27(18-40)34(36,37)38)30(45)20-5-8-23-24(15-20)32(47)42(31(23)46)26-9-10-28(43)39-29(26)44/h3-8,15,26-27H,9-14,16-18H2,1-2H3,(H,39,43,44). The number of hydrogen-bond acceptors (Lipinski definition) is 6. The van der Waals surface area contributed by atoms with Crippen molar-refractivity contribution in [3.8, 4) is 0 Å². The largest absolute Gasteiger partial charge is 0.410 e. The minimum absolute atomic E-state index is 0.0405. The number of imide groups is 2. The zero-order valence-corrected chi connectivity index (χ0v) is 26.7. The lowest BCUT2D eigenvalue weighted by atomic mass is 9.72. The molecule has 0 bridgehead atoms. The minimum atomic E-state index is -4.72. The number of fused-ring (bicyclic) bond motifs is 1. The van der Waals surface area contributed by atoms with E-state index in [1.165, 1.54) is 12.1 Å². The number of piperazine rings is 1. The lowest BCUT2D eigenvalue weighted by molar-refractivity contribution is -0.188. The van der Waals surface area contributed by atoms with Crippen LogP contribution in [0.15, 0.2) is 48.0 Å². The van der Waals surface area contributed by atoms with Crippen LogP contribution in [0.2, 0.25) is 5.02 Å². The van der Waals surface area contributed by atoms with Gasteiger partial charge in [0.1, 0.15) is 12.1 Å². The predicted molar refractivity (Wildman–Crippen MR) is 166 cm³/mol. The summed E-state index contributed by atoms with van der Waals surface area (Å²) in [7, 11) is 0. The molecule has 1 aliphatic carbocycles. The van der Waals surface area contributed by atoms with Gasteiger partial charge in [-0.1, -0.05) is 43.2 Å². The summed E-state index contributed by atoms with van der Waals surface area (Å²) in [5, 5.41) is 2.71. The monoisotopic (exact) mass is 670 g/mol. The van der Waals surface area contributed by atoms with Crippen molar-refractivity contribution < 1.29 is 37.1 Å². The first-order valence-corrected chi connectivity index (χ1v) is 15.9. The number of amides is 5. The van der Waals surface area contributed by atoms with Gasteiger partial charge in [0.25, 0.3) is 17.7 Å². The number of alkyl halides is 3. The number of halogens is 4. The fourth-order valence-electron chi connectivity index (χ4n) is 7.01. The Morgan fingerprint density at radius 3 is 2.36 bits per heavy atom. The Bertz CT molecular complexity index is 1700. The van der Waals surface area contributed by atoms with Crippen molar-refractivity contribution in [3.63, 3.8) is 0 Å². The molecule has 2 atom stereocenters. The summed E-state index contributed by atoms with van der Waals surface area (Å²) in [5.41, 5.74) is 2.83. The van der Waals surface area contributed by atoms with Crippen molar-refractivity contribution >= 4 is 46.7 Å². The van der Waals surface area contributed by atoms with Crippen LogP contribution in [0.3, 0.4) is 0 Å². The molecule has 2 saturated heterocycles. The predicted octanol–water partition coefficient (Wildman–Crippen LogP) is 5.09. The van der Waals surface area contributed by atoms with Gasteiger partial charge < -0.3 is 4.90 Å². The summed E-state index contributed by atoms with van der Waals surface area (Å²) in [6, 6.07) is 7.78. The van der Waals surface area contributed by atoms with Crippen molar-refractivity contribution in [2.24, 2.45) is 5.41 Å². The van der Waals surface area contributed by atoms with Crippen molar-refractivity contribution in [2.75, 3.05) is 26.2 Å². The lowest BCUT2D eigenvalue weighted by Gasteiger charge is -2.43. The van der Waals surface area contributed by atoms with E-state index < -0.39 is 54.3 Å². The van der Waals surface area contributed by atoms with Gasteiger partial charge in [0.05, 0.1) is 11.1 Å². The minimum Gasteiger partial charge on any atom is -0.324 e. The van der Waals surface area contributed by atoms with E-state index in [-0.39, 0.29) is 48.0 Å². The van der Waals surface area contributed by atoms with Crippen LogP contribution < -0.4 is 5.32 Å². The smallest absolute Gasteiger partial charge is 0.324 e. The first kappa shape index (κ1) is 32.9. The first-order chi connectivity index (χ1) is 22.1. The summed E-state index contributed by atoms with van der Waals surface area (Å²) in [4.78, 5) is 67.1. The van der Waals surface area contributed by atoms with E-state index in [2.05, 4.69) is 19.2 Å². The van der Waals surface area contributed by atoms with Crippen LogP contribution >= 0.6 is 11.6 Å². The quantitative estimate of drug-likeness (QED) is 0.444. The first-order valence-electron chi connectivity index (χ1n) is 15.6. The average molecular weight is 671 g/mol. The van der Waals surface area contributed by atoms with E-state index >= 15 is 0 Å². The van der Waals surface area contributed by atoms with Gasteiger partial charge in [-0.05, 0) is 72.6 Å². The molecule has 248 valence electrons. The molecule has 0 spiro atoms. The molecule has 6 rings (SSSR count). The van der Waals surface area contributed by atoms with E-state index in [0.29, 0.717) is 11.6 Å². The molecule has 3 heterocycles. The van der Waals surface area contributed by atoms with Crippen LogP contribution in [-0.2, 0) is 9.59 Å². The molecular formula is C34H34ClF3N4O5. The molecule has 13 heteroatoms. The van der Waals surface area contributed by atoms with Crippen LogP contribution in [-0.4, -0.2) is 88.7 Å². The highest BCUT2D eigenvalue weighted by Crippen LogP contribution is 2.43. The zero-order valence-electron chi connectivity index (χ0n) is 26.0. The van der Waals surface area contributed by atoms with Gasteiger partial charge in [0.2, 0.25) is 11.8 Å². The van der Waals surface area contributed by atoms with Crippen molar-refractivity contribution in [1.29, 1.82) is 0 Å². The lowest BCUT2D eigenvalue weighted by Crippen LogP contribution is -2.60. The Kier molecular flexibility index (Phi) is 8.54. The summed E-state index contributed by atoms with van der Waals surface area (Å²) < 4.78 is 43.6. The maximum absolute atomic E-state index is 14.5. The van der Waals surface area contributed by atoms with E-state index in [0.717, 1.165) is 51.8 Å². The fourth-order valence-corrected chi connectivity index (χ4v) is 7.14. The molecule has 2 aromatic carbocycles. The number of carbonyl (C=O) groups is 5. The van der Waals surface area contributed by atoms with Crippen LogP contribution in [0.25, 0.3) is 5.57 Å². The highest BCUT2D eigenvalue weighted by Gasteiger charge is 2.49. The summed E-state index contributed by atoms with van der Waals surface area (Å²) in [6.45, 7) is 4.31. The van der Waals surface area contributed by atoms with Crippen LogP contribution in [0, 0.1) is 5.41 Å². The Morgan fingerprint density at radius 2 is 1.68 bits per heavy atom. The zero-order chi connectivity index (χ0) is 33.8. The number of piperidine rings is 1. The summed E-state index contributed by atoms with van der Waals surface area (Å²) >= 11 is 6.11. The third kappa shape index (κ3) is 6.45. The fraction of sp³-hybridized carbons (Fsp3) is 0.441. The highest BCUT2D eigenvalue weighted by atomic mass is 35.5. The molecule has 1 N–H and O–H groups in total. The second-order valence-corrected chi connectivity index (χ2v) is 13.9. The van der Waals surface area contributed by atoms with E-state index in [1.54, 1.807) is 4.90 Å². The topological polar surface area (TPSA) is 107 Å². The molecule has 2 unspecified atom stereocenters. The van der Waals surface area contributed by atoms with E-state index in [9.17, 15) is 37.1 Å². The molecule has 2 fully saturated rings. The Hall–Kier alpha value is -4.03. The highest BCUT2D eigenvalue weighted by molar-refractivity contribution is 6.30. The number of benzene rings is 2. The molecule has 3 aliphatic heterocycles. The van der Waals surface area contributed by atoms with Gasteiger partial charge >= 0.3 is 6.18 Å². The van der Waals surface area contributed by atoms with Gasteiger partial charge in [0.15, 0.2) is 0 Å². The number of allylic oxidation sites excluding steroid dienone is 1. The molecule has 4 aliphatic rings. The number of carbonyl (C=O) groups excluding carboxylic acids is 5. The number of nitrogens with one attached hydrogen (secondary N) is 1. The van der Waals surface area contributed by atoms with Gasteiger partial charge in [0, 0.05) is 43.2 Å². The van der Waals surface area contributed by atoms with Gasteiger partial charge in [-0.25, -0.2) is 0 Å².